The van der Waals surface area contributed by atoms with E-state index in [9.17, 15) is 4.79 Å². The molecule has 0 radical (unpaired) electrons. The number of aromatic nitrogens is 1. The topological polar surface area (TPSA) is 54.5 Å². The zero-order valence-electron chi connectivity index (χ0n) is 11.7. The van der Waals surface area contributed by atoms with Crippen molar-refractivity contribution >= 4 is 33.7 Å². The van der Waals surface area contributed by atoms with Gasteiger partial charge in [0.05, 0.1) is 12.1 Å². The molecule has 2 rings (SSSR count). The summed E-state index contributed by atoms with van der Waals surface area (Å²) >= 11 is 1.38. The Morgan fingerprint density at radius 3 is 2.95 bits per heavy atom. The first-order valence-corrected chi connectivity index (χ1v) is 7.14. The van der Waals surface area contributed by atoms with Gasteiger partial charge in [-0.1, -0.05) is 6.07 Å². The fraction of sp³-hybridized carbons (Fsp3) is 0.286. The number of rotatable bonds is 5. The third kappa shape index (κ3) is 3.27. The first-order chi connectivity index (χ1) is 9.61. The summed E-state index contributed by atoms with van der Waals surface area (Å²) in [4.78, 5) is 17.8. The van der Waals surface area contributed by atoms with E-state index in [1.54, 1.807) is 12.4 Å². The second kappa shape index (κ2) is 6.38. The van der Waals surface area contributed by atoms with Crippen molar-refractivity contribution in [2.45, 2.75) is 6.92 Å². The first-order valence-electron chi connectivity index (χ1n) is 6.27. The normalized spacial score (nSPS) is 10.2. The molecule has 106 valence electrons. The molecule has 0 bridgehead atoms. The van der Waals surface area contributed by atoms with Gasteiger partial charge in [0, 0.05) is 25.5 Å². The van der Waals surface area contributed by atoms with Gasteiger partial charge in [-0.25, -0.2) is 9.78 Å². The van der Waals surface area contributed by atoms with Crippen molar-refractivity contribution in [3.63, 3.8) is 0 Å². The Bertz CT molecular complexity index is 596. The van der Waals surface area contributed by atoms with E-state index >= 15 is 0 Å². The smallest absolute Gasteiger partial charge is 0.360 e. The molecule has 5 nitrogen and oxygen atoms in total. The number of nitrogens with zero attached hydrogens (tertiary/aromatic N) is 2. The fourth-order valence-corrected chi connectivity index (χ4v) is 2.36. The molecule has 0 saturated carbocycles. The number of nitrogens with one attached hydrogen (secondary N) is 1. The van der Waals surface area contributed by atoms with Crippen molar-refractivity contribution in [2.24, 2.45) is 0 Å². The SMILES string of the molecule is CCOC(=O)c1ncsc1Nc1cccc(N(C)C)c1. The Labute approximate surface area is 122 Å². The Kier molecular flexibility index (Phi) is 4.57. The van der Waals surface area contributed by atoms with E-state index in [2.05, 4.69) is 10.3 Å². The second-order valence-corrected chi connectivity index (χ2v) is 5.18. The van der Waals surface area contributed by atoms with E-state index in [0.29, 0.717) is 17.3 Å². The third-order valence-corrected chi connectivity index (χ3v) is 3.40. The minimum atomic E-state index is -0.403. The van der Waals surface area contributed by atoms with Gasteiger partial charge in [0.25, 0.3) is 0 Å². The molecule has 0 unspecified atom stereocenters. The molecule has 1 aromatic heterocycles. The van der Waals surface area contributed by atoms with Gasteiger partial charge in [0.1, 0.15) is 5.00 Å². The molecule has 6 heteroatoms. The Hall–Kier alpha value is -2.08. The van der Waals surface area contributed by atoms with Crippen molar-refractivity contribution < 1.29 is 9.53 Å². The molecule has 0 aliphatic rings. The molecule has 1 N–H and O–H groups in total. The van der Waals surface area contributed by atoms with Crippen molar-refractivity contribution in [3.05, 3.63) is 35.5 Å². The van der Waals surface area contributed by atoms with Crippen molar-refractivity contribution in [2.75, 3.05) is 30.9 Å². The van der Waals surface area contributed by atoms with Gasteiger partial charge in [-0.15, -0.1) is 11.3 Å². The van der Waals surface area contributed by atoms with E-state index in [-0.39, 0.29) is 0 Å². The second-order valence-electron chi connectivity index (χ2n) is 4.32. The maximum atomic E-state index is 11.8. The Morgan fingerprint density at radius 2 is 2.25 bits per heavy atom. The van der Waals surface area contributed by atoms with E-state index < -0.39 is 5.97 Å². The van der Waals surface area contributed by atoms with Crippen LogP contribution in [0.5, 0.6) is 0 Å². The van der Waals surface area contributed by atoms with Crippen LogP contribution < -0.4 is 10.2 Å². The Balaban J connectivity index is 2.20. The number of hydrogen-bond acceptors (Lipinski definition) is 6. The number of hydrogen-bond donors (Lipinski definition) is 1. The summed E-state index contributed by atoms with van der Waals surface area (Å²) in [7, 11) is 3.96. The number of ether oxygens (including phenoxy) is 1. The lowest BCUT2D eigenvalue weighted by Gasteiger charge is -2.14. The minimum absolute atomic E-state index is 0.326. The number of carbonyl (C=O) groups excluding carboxylic acids is 1. The van der Waals surface area contributed by atoms with Crippen LogP contribution in [0.3, 0.4) is 0 Å². The number of carbonyl (C=O) groups is 1. The van der Waals surface area contributed by atoms with Crippen LogP contribution in [0, 0.1) is 0 Å². The maximum Gasteiger partial charge on any atom is 0.360 e. The zero-order chi connectivity index (χ0) is 14.5. The molecule has 0 aliphatic carbocycles. The highest BCUT2D eigenvalue weighted by atomic mass is 32.1. The molecule has 0 saturated heterocycles. The summed E-state index contributed by atoms with van der Waals surface area (Å²) < 4.78 is 4.98. The average Bonchev–Trinajstić information content (AvgIpc) is 2.87. The van der Waals surface area contributed by atoms with Gasteiger partial charge in [-0.3, -0.25) is 0 Å². The standard InChI is InChI=1S/C14H17N3O2S/c1-4-19-14(18)12-13(20-9-15-12)16-10-6-5-7-11(8-10)17(2)3/h5-9,16H,4H2,1-3H3. The van der Waals surface area contributed by atoms with Crippen LogP contribution in [0.4, 0.5) is 16.4 Å². The highest BCUT2D eigenvalue weighted by Gasteiger charge is 2.16. The molecule has 0 amide bonds. The predicted octanol–water partition coefficient (Wildman–Crippen LogP) is 3.13. The number of thiazole rings is 1. The van der Waals surface area contributed by atoms with Crippen LogP contribution in [0.15, 0.2) is 29.8 Å². The number of anilines is 3. The van der Waals surface area contributed by atoms with Crippen LogP contribution in [-0.4, -0.2) is 31.7 Å². The monoisotopic (exact) mass is 291 g/mol. The number of esters is 1. The summed E-state index contributed by atoms with van der Waals surface area (Å²) in [5, 5.41) is 3.91. The van der Waals surface area contributed by atoms with Gasteiger partial charge in [-0.05, 0) is 25.1 Å². The van der Waals surface area contributed by atoms with Gasteiger partial charge >= 0.3 is 5.97 Å². The summed E-state index contributed by atoms with van der Waals surface area (Å²) in [6.07, 6.45) is 0. The van der Waals surface area contributed by atoms with Crippen LogP contribution in [0.25, 0.3) is 0 Å². The van der Waals surface area contributed by atoms with E-state index in [1.807, 2.05) is 43.3 Å². The van der Waals surface area contributed by atoms with E-state index in [4.69, 9.17) is 4.74 Å². The van der Waals surface area contributed by atoms with Crippen LogP contribution in [0.2, 0.25) is 0 Å². The minimum Gasteiger partial charge on any atom is -0.461 e. The van der Waals surface area contributed by atoms with Gasteiger partial charge in [0.2, 0.25) is 0 Å². The lowest BCUT2D eigenvalue weighted by atomic mass is 10.2. The molecule has 1 aromatic carbocycles. The summed E-state index contributed by atoms with van der Waals surface area (Å²) in [5.41, 5.74) is 3.94. The highest BCUT2D eigenvalue weighted by molar-refractivity contribution is 7.14. The van der Waals surface area contributed by atoms with Crippen LogP contribution in [0.1, 0.15) is 17.4 Å². The molecular formula is C14H17N3O2S. The van der Waals surface area contributed by atoms with Gasteiger partial charge < -0.3 is 15.0 Å². The lowest BCUT2D eigenvalue weighted by Crippen LogP contribution is -2.09. The third-order valence-electron chi connectivity index (χ3n) is 2.66. The fourth-order valence-electron chi connectivity index (χ4n) is 1.67. The molecule has 0 fully saturated rings. The van der Waals surface area contributed by atoms with Crippen molar-refractivity contribution in [1.29, 1.82) is 0 Å². The maximum absolute atomic E-state index is 11.8. The summed E-state index contributed by atoms with van der Waals surface area (Å²) in [6, 6.07) is 7.93. The summed E-state index contributed by atoms with van der Waals surface area (Å²) in [5.74, 6) is -0.403. The predicted molar refractivity (Wildman–Crippen MR) is 82.1 cm³/mol. The molecule has 0 atom stereocenters. The molecule has 0 aliphatic heterocycles. The highest BCUT2D eigenvalue weighted by Crippen LogP contribution is 2.27. The molecule has 2 aromatic rings. The van der Waals surface area contributed by atoms with E-state index in [0.717, 1.165) is 11.4 Å². The first kappa shape index (κ1) is 14.3. The molecular weight excluding hydrogens is 274 g/mol. The van der Waals surface area contributed by atoms with Gasteiger partial charge in [0.15, 0.2) is 5.69 Å². The molecule has 1 heterocycles. The van der Waals surface area contributed by atoms with Gasteiger partial charge in [-0.2, -0.15) is 0 Å². The molecule has 0 spiro atoms. The average molecular weight is 291 g/mol. The van der Waals surface area contributed by atoms with E-state index in [1.165, 1.54) is 11.3 Å². The summed E-state index contributed by atoms with van der Waals surface area (Å²) in [6.45, 7) is 2.11. The lowest BCUT2D eigenvalue weighted by molar-refractivity contribution is 0.0521. The largest absolute Gasteiger partial charge is 0.461 e. The van der Waals surface area contributed by atoms with Crippen LogP contribution >= 0.6 is 11.3 Å². The molecule has 20 heavy (non-hydrogen) atoms. The zero-order valence-corrected chi connectivity index (χ0v) is 12.5. The van der Waals surface area contributed by atoms with Crippen LogP contribution in [-0.2, 0) is 4.74 Å². The Morgan fingerprint density at radius 1 is 1.45 bits per heavy atom. The van der Waals surface area contributed by atoms with Crippen molar-refractivity contribution in [3.8, 4) is 0 Å². The number of benzene rings is 1. The van der Waals surface area contributed by atoms with Crippen molar-refractivity contribution in [1.82, 2.24) is 4.98 Å². The quantitative estimate of drug-likeness (QED) is 0.858.